The van der Waals surface area contributed by atoms with Crippen molar-refractivity contribution < 1.29 is 0 Å². The normalized spacial score (nSPS) is 12.0. The number of aryl methyl sites for hydroxylation is 1. The zero-order valence-corrected chi connectivity index (χ0v) is 11.2. The molecule has 0 radical (unpaired) electrons. The molecule has 0 saturated heterocycles. The Bertz CT molecular complexity index is 288. The predicted molar refractivity (Wildman–Crippen MR) is 69.9 cm³/mol. The molecule has 1 rings (SSSR count). The van der Waals surface area contributed by atoms with E-state index in [0.29, 0.717) is 5.41 Å². The van der Waals surface area contributed by atoms with Gasteiger partial charge in [-0.2, -0.15) is 0 Å². The summed E-state index contributed by atoms with van der Waals surface area (Å²) in [7, 11) is 0. The Morgan fingerprint density at radius 1 is 1.33 bits per heavy atom. The maximum Gasteiger partial charge on any atom is 0.00516 e. The molecule has 15 heavy (non-hydrogen) atoms. The molecule has 1 N–H and O–H groups in total. The highest BCUT2D eigenvalue weighted by molar-refractivity contribution is 7.10. The summed E-state index contributed by atoms with van der Waals surface area (Å²) >= 11 is 1.85. The largest absolute Gasteiger partial charge is 0.317 e. The molecule has 1 nitrogen and oxygen atoms in total. The molecule has 0 aromatic carbocycles. The lowest BCUT2D eigenvalue weighted by molar-refractivity contribution is 0.457. The molecule has 1 aromatic rings. The van der Waals surface area contributed by atoms with Gasteiger partial charge in [-0.3, -0.25) is 0 Å². The molecule has 1 aromatic heterocycles. The second-order valence-electron chi connectivity index (χ2n) is 4.77. The third-order valence-corrected chi connectivity index (χ3v) is 3.79. The van der Waals surface area contributed by atoms with Crippen LogP contribution in [-0.4, -0.2) is 13.1 Å². The van der Waals surface area contributed by atoms with Gasteiger partial charge in [0.1, 0.15) is 0 Å². The van der Waals surface area contributed by atoms with Crippen molar-refractivity contribution in [3.63, 3.8) is 0 Å². The van der Waals surface area contributed by atoms with Gasteiger partial charge in [0.2, 0.25) is 0 Å². The van der Waals surface area contributed by atoms with Gasteiger partial charge in [0, 0.05) is 4.88 Å². The molecule has 0 amide bonds. The van der Waals surface area contributed by atoms with Gasteiger partial charge in [0.05, 0.1) is 0 Å². The molecule has 0 saturated carbocycles. The van der Waals surface area contributed by atoms with E-state index in [1.54, 1.807) is 0 Å². The van der Waals surface area contributed by atoms with E-state index in [2.05, 4.69) is 44.5 Å². The molecule has 0 bridgehead atoms. The van der Waals surface area contributed by atoms with Crippen molar-refractivity contribution in [2.24, 2.45) is 0 Å². The first-order valence-electron chi connectivity index (χ1n) is 5.83. The van der Waals surface area contributed by atoms with Crippen molar-refractivity contribution in [1.29, 1.82) is 0 Å². The third kappa shape index (κ3) is 3.62. The lowest BCUT2D eigenvalue weighted by atomic mass is 9.82. The zero-order chi connectivity index (χ0) is 11.3. The molecule has 0 unspecified atom stereocenters. The monoisotopic (exact) mass is 225 g/mol. The van der Waals surface area contributed by atoms with E-state index in [0.717, 1.165) is 13.1 Å². The van der Waals surface area contributed by atoms with E-state index in [9.17, 15) is 0 Å². The van der Waals surface area contributed by atoms with Gasteiger partial charge >= 0.3 is 0 Å². The summed E-state index contributed by atoms with van der Waals surface area (Å²) in [5.41, 5.74) is 1.83. The average molecular weight is 225 g/mol. The summed E-state index contributed by atoms with van der Waals surface area (Å²) in [6.45, 7) is 11.4. The van der Waals surface area contributed by atoms with Crippen molar-refractivity contribution in [1.82, 2.24) is 5.32 Å². The minimum Gasteiger partial charge on any atom is -0.317 e. The summed E-state index contributed by atoms with van der Waals surface area (Å²) in [4.78, 5) is 1.47. The molecule has 86 valence electrons. The predicted octanol–water partition coefficient (Wildman–Crippen LogP) is 3.72. The van der Waals surface area contributed by atoms with Gasteiger partial charge in [-0.15, -0.1) is 11.3 Å². The molecule has 2 heteroatoms. The van der Waals surface area contributed by atoms with Gasteiger partial charge in [-0.1, -0.05) is 20.8 Å². The maximum atomic E-state index is 3.48. The summed E-state index contributed by atoms with van der Waals surface area (Å²) in [5.74, 6) is 0. The Morgan fingerprint density at radius 3 is 2.60 bits per heavy atom. The summed E-state index contributed by atoms with van der Waals surface area (Å²) in [6.07, 6.45) is 2.43. The van der Waals surface area contributed by atoms with Crippen molar-refractivity contribution in [2.45, 2.75) is 46.0 Å². The highest BCUT2D eigenvalue weighted by atomic mass is 32.1. The Morgan fingerprint density at radius 2 is 2.07 bits per heavy atom. The second kappa shape index (κ2) is 5.66. The number of hydrogen-bond acceptors (Lipinski definition) is 2. The Hall–Kier alpha value is -0.340. The average Bonchev–Trinajstić information content (AvgIpc) is 2.60. The van der Waals surface area contributed by atoms with Gasteiger partial charge in [0.25, 0.3) is 0 Å². The summed E-state index contributed by atoms with van der Waals surface area (Å²) in [6, 6.07) is 2.28. The molecule has 1 heterocycles. The number of hydrogen-bond donors (Lipinski definition) is 1. The fourth-order valence-corrected chi connectivity index (χ4v) is 2.80. The fourth-order valence-electron chi connectivity index (χ4n) is 1.92. The first-order chi connectivity index (χ1) is 7.08. The van der Waals surface area contributed by atoms with E-state index in [4.69, 9.17) is 0 Å². The van der Waals surface area contributed by atoms with E-state index in [1.807, 2.05) is 11.3 Å². The number of nitrogens with one attached hydrogen (secondary N) is 1. The molecular formula is C13H23NS. The van der Waals surface area contributed by atoms with Crippen LogP contribution in [0.1, 0.15) is 44.1 Å². The van der Waals surface area contributed by atoms with E-state index in [-0.39, 0.29) is 0 Å². The lowest BCUT2D eigenvalue weighted by Crippen LogP contribution is -2.26. The number of rotatable bonds is 6. The summed E-state index contributed by atoms with van der Waals surface area (Å²) < 4.78 is 0. The number of thiophene rings is 1. The zero-order valence-electron chi connectivity index (χ0n) is 10.4. The molecule has 0 atom stereocenters. The van der Waals surface area contributed by atoms with Crippen LogP contribution in [0.15, 0.2) is 11.4 Å². The smallest absolute Gasteiger partial charge is 0.00516 e. The first-order valence-corrected chi connectivity index (χ1v) is 6.71. The van der Waals surface area contributed by atoms with Crippen molar-refractivity contribution in [3.05, 3.63) is 21.9 Å². The van der Waals surface area contributed by atoms with Crippen LogP contribution < -0.4 is 5.32 Å². The highest BCUT2D eigenvalue weighted by Gasteiger charge is 2.22. The first kappa shape index (κ1) is 12.7. The van der Waals surface area contributed by atoms with Crippen LogP contribution in [0.4, 0.5) is 0 Å². The van der Waals surface area contributed by atoms with Crippen molar-refractivity contribution in [2.75, 3.05) is 13.1 Å². The van der Waals surface area contributed by atoms with Gasteiger partial charge < -0.3 is 5.32 Å². The molecular weight excluding hydrogens is 202 g/mol. The molecule has 0 aliphatic carbocycles. The van der Waals surface area contributed by atoms with Crippen LogP contribution in [-0.2, 0) is 5.41 Å². The maximum absolute atomic E-state index is 3.48. The van der Waals surface area contributed by atoms with Gasteiger partial charge in [-0.05, 0) is 55.3 Å². The summed E-state index contributed by atoms with van der Waals surface area (Å²) in [5, 5.41) is 5.68. The fraction of sp³-hybridized carbons (Fsp3) is 0.692. The van der Waals surface area contributed by atoms with Crippen LogP contribution >= 0.6 is 11.3 Å². The lowest BCUT2D eigenvalue weighted by Gasteiger charge is -2.25. The minimum absolute atomic E-state index is 0.310. The Labute approximate surface area is 97.9 Å². The quantitative estimate of drug-likeness (QED) is 0.728. The van der Waals surface area contributed by atoms with Crippen LogP contribution in [0.2, 0.25) is 0 Å². The molecule has 0 aliphatic heterocycles. The Kier molecular flexibility index (Phi) is 4.81. The van der Waals surface area contributed by atoms with E-state index < -0.39 is 0 Å². The van der Waals surface area contributed by atoms with Crippen LogP contribution in [0.5, 0.6) is 0 Å². The molecule has 0 fully saturated rings. The Balaban J connectivity index is 2.48. The third-order valence-electron chi connectivity index (χ3n) is 2.94. The standard InChI is InChI=1S/C13H23NS/c1-5-8-14-9-7-13(3,4)12-6-10-15-11(12)2/h6,10,14H,5,7-9H2,1-4H3. The minimum atomic E-state index is 0.310. The van der Waals surface area contributed by atoms with Gasteiger partial charge in [-0.25, -0.2) is 0 Å². The van der Waals surface area contributed by atoms with Crippen molar-refractivity contribution in [3.8, 4) is 0 Å². The van der Waals surface area contributed by atoms with Crippen molar-refractivity contribution >= 4 is 11.3 Å². The topological polar surface area (TPSA) is 12.0 Å². The van der Waals surface area contributed by atoms with E-state index in [1.165, 1.54) is 23.3 Å². The molecule has 0 spiro atoms. The second-order valence-corrected chi connectivity index (χ2v) is 5.89. The van der Waals surface area contributed by atoms with Gasteiger partial charge in [0.15, 0.2) is 0 Å². The highest BCUT2D eigenvalue weighted by Crippen LogP contribution is 2.31. The van der Waals surface area contributed by atoms with Crippen LogP contribution in [0, 0.1) is 6.92 Å². The SMILES string of the molecule is CCCNCCC(C)(C)c1ccsc1C. The van der Waals surface area contributed by atoms with Crippen LogP contribution in [0.25, 0.3) is 0 Å². The van der Waals surface area contributed by atoms with E-state index >= 15 is 0 Å². The molecule has 0 aliphatic rings. The van der Waals surface area contributed by atoms with Crippen LogP contribution in [0.3, 0.4) is 0 Å².